The number of hydrogen-bond donors (Lipinski definition) is 2. The third-order valence-corrected chi connectivity index (χ3v) is 7.01. The lowest BCUT2D eigenvalue weighted by Crippen LogP contribution is -2.51. The standard InChI is InChI=1S/C23H27N3O5S/c1-16(27)18-8-12-20(13-9-18)32(30,31)26(2)15-22(28)25-21(23(29)24-19-10-11-19)14-17-6-4-3-5-7-17/h3-9,12-13,19,21H,10-11,14-15H2,1-2H3,(H,24,29)(H,25,28). The summed E-state index contributed by atoms with van der Waals surface area (Å²) in [5.74, 6) is -1.03. The average molecular weight is 458 g/mol. The molecule has 3 rings (SSSR count). The van der Waals surface area contributed by atoms with Crippen LogP contribution >= 0.6 is 0 Å². The maximum absolute atomic E-state index is 12.8. The van der Waals surface area contributed by atoms with E-state index in [-0.39, 0.29) is 22.6 Å². The molecule has 8 nitrogen and oxygen atoms in total. The van der Waals surface area contributed by atoms with Crippen LogP contribution in [0.15, 0.2) is 59.5 Å². The van der Waals surface area contributed by atoms with Crippen LogP contribution in [0.2, 0.25) is 0 Å². The molecule has 2 N–H and O–H groups in total. The van der Waals surface area contributed by atoms with Crippen LogP contribution in [0.4, 0.5) is 0 Å². The van der Waals surface area contributed by atoms with Crippen molar-refractivity contribution in [3.63, 3.8) is 0 Å². The van der Waals surface area contributed by atoms with Crippen molar-refractivity contribution in [3.8, 4) is 0 Å². The highest BCUT2D eigenvalue weighted by molar-refractivity contribution is 7.89. The quantitative estimate of drug-likeness (QED) is 0.525. The van der Waals surface area contributed by atoms with Gasteiger partial charge < -0.3 is 10.6 Å². The van der Waals surface area contributed by atoms with E-state index >= 15 is 0 Å². The predicted molar refractivity (Wildman–Crippen MR) is 120 cm³/mol. The van der Waals surface area contributed by atoms with Gasteiger partial charge in [0.05, 0.1) is 11.4 Å². The molecule has 1 aliphatic rings. The van der Waals surface area contributed by atoms with Crippen molar-refractivity contribution in [1.29, 1.82) is 0 Å². The van der Waals surface area contributed by atoms with Crippen molar-refractivity contribution in [2.45, 2.75) is 43.2 Å². The summed E-state index contributed by atoms with van der Waals surface area (Å²) in [5.41, 5.74) is 1.28. The molecule has 9 heteroatoms. The number of hydrogen-bond acceptors (Lipinski definition) is 5. The number of rotatable bonds is 10. The van der Waals surface area contributed by atoms with Crippen LogP contribution in [0.3, 0.4) is 0 Å². The molecule has 1 atom stereocenters. The summed E-state index contributed by atoms with van der Waals surface area (Å²) < 4.78 is 26.5. The van der Waals surface area contributed by atoms with Gasteiger partial charge >= 0.3 is 0 Å². The minimum absolute atomic E-state index is 0.0230. The molecule has 1 aliphatic carbocycles. The van der Waals surface area contributed by atoms with E-state index in [9.17, 15) is 22.8 Å². The number of ketones is 1. The van der Waals surface area contributed by atoms with Crippen molar-refractivity contribution in [3.05, 3.63) is 65.7 Å². The molecule has 0 aromatic heterocycles. The van der Waals surface area contributed by atoms with Gasteiger partial charge in [-0.15, -0.1) is 0 Å². The summed E-state index contributed by atoms with van der Waals surface area (Å²) in [4.78, 5) is 36.7. The Morgan fingerprint density at radius 1 is 1.03 bits per heavy atom. The third-order valence-electron chi connectivity index (χ3n) is 5.19. The summed E-state index contributed by atoms with van der Waals surface area (Å²) in [6.07, 6.45) is 2.14. The van der Waals surface area contributed by atoms with Crippen molar-refractivity contribution >= 4 is 27.6 Å². The first-order chi connectivity index (χ1) is 15.2. The van der Waals surface area contributed by atoms with Crippen molar-refractivity contribution in [1.82, 2.24) is 14.9 Å². The maximum Gasteiger partial charge on any atom is 0.243 e. The Labute approximate surface area is 188 Å². The fraction of sp³-hybridized carbons (Fsp3) is 0.348. The molecule has 1 saturated carbocycles. The Kier molecular flexibility index (Phi) is 7.42. The number of Topliss-reactive ketones (excluding diaryl/α,β-unsaturated/α-hetero) is 1. The zero-order chi connectivity index (χ0) is 23.3. The van der Waals surface area contributed by atoms with Crippen LogP contribution in [0.1, 0.15) is 35.7 Å². The van der Waals surface area contributed by atoms with Crippen LogP contribution in [-0.4, -0.2) is 56.0 Å². The van der Waals surface area contributed by atoms with E-state index in [0.717, 1.165) is 22.7 Å². The van der Waals surface area contributed by atoms with Gasteiger partial charge in [0, 0.05) is 25.1 Å². The predicted octanol–water partition coefficient (Wildman–Crippen LogP) is 1.52. The van der Waals surface area contributed by atoms with Gasteiger partial charge in [-0.3, -0.25) is 14.4 Å². The molecule has 0 heterocycles. The fourth-order valence-corrected chi connectivity index (χ4v) is 4.28. The fourth-order valence-electron chi connectivity index (χ4n) is 3.16. The normalized spacial score (nSPS) is 14.6. The summed E-state index contributed by atoms with van der Waals surface area (Å²) >= 11 is 0. The van der Waals surface area contributed by atoms with Gasteiger partial charge in [0.2, 0.25) is 21.8 Å². The number of amides is 2. The van der Waals surface area contributed by atoms with E-state index in [1.165, 1.54) is 38.2 Å². The smallest absolute Gasteiger partial charge is 0.243 e. The van der Waals surface area contributed by atoms with Gasteiger partial charge in [-0.05, 0) is 37.5 Å². The van der Waals surface area contributed by atoms with Crippen molar-refractivity contribution < 1.29 is 22.8 Å². The largest absolute Gasteiger partial charge is 0.352 e. The van der Waals surface area contributed by atoms with E-state index in [1.807, 2.05) is 30.3 Å². The first-order valence-electron chi connectivity index (χ1n) is 10.4. The number of likely N-dealkylation sites (N-methyl/N-ethyl adjacent to an activating group) is 1. The molecule has 2 aromatic carbocycles. The van der Waals surface area contributed by atoms with Crippen LogP contribution in [0, 0.1) is 0 Å². The lowest BCUT2D eigenvalue weighted by Gasteiger charge is -2.21. The zero-order valence-corrected chi connectivity index (χ0v) is 18.9. The Morgan fingerprint density at radius 2 is 1.66 bits per heavy atom. The summed E-state index contributed by atoms with van der Waals surface area (Å²) in [6.45, 7) is 0.948. The number of carbonyl (C=O) groups is 3. The second kappa shape index (κ2) is 10.1. The van der Waals surface area contributed by atoms with Crippen LogP contribution < -0.4 is 10.6 Å². The van der Waals surface area contributed by atoms with Crippen LogP contribution in [-0.2, 0) is 26.0 Å². The highest BCUT2D eigenvalue weighted by atomic mass is 32.2. The van der Waals surface area contributed by atoms with E-state index in [0.29, 0.717) is 12.0 Å². The van der Waals surface area contributed by atoms with Gasteiger partial charge in [-0.25, -0.2) is 8.42 Å². The van der Waals surface area contributed by atoms with Gasteiger partial charge in [0.25, 0.3) is 0 Å². The molecular weight excluding hydrogens is 430 g/mol. The molecule has 0 aliphatic heterocycles. The van der Waals surface area contributed by atoms with Gasteiger partial charge in [-0.2, -0.15) is 4.31 Å². The number of sulfonamides is 1. The lowest BCUT2D eigenvalue weighted by atomic mass is 10.1. The molecule has 2 amide bonds. The molecule has 1 fully saturated rings. The van der Waals surface area contributed by atoms with Crippen LogP contribution in [0.25, 0.3) is 0 Å². The molecular formula is C23H27N3O5S. The SMILES string of the molecule is CC(=O)c1ccc(S(=O)(=O)N(C)CC(=O)NC(Cc2ccccc2)C(=O)NC2CC2)cc1. The van der Waals surface area contributed by atoms with Gasteiger partial charge in [-0.1, -0.05) is 42.5 Å². The van der Waals surface area contributed by atoms with E-state index in [4.69, 9.17) is 0 Å². The first kappa shape index (κ1) is 23.6. The molecule has 0 radical (unpaired) electrons. The molecule has 170 valence electrons. The maximum atomic E-state index is 12.8. The number of benzene rings is 2. The van der Waals surface area contributed by atoms with E-state index in [1.54, 1.807) is 0 Å². The lowest BCUT2D eigenvalue weighted by molar-refractivity contribution is -0.129. The first-order valence-corrected chi connectivity index (χ1v) is 11.8. The summed E-state index contributed by atoms with van der Waals surface area (Å²) in [6, 6.07) is 14.2. The second-order valence-corrected chi connectivity index (χ2v) is 9.98. The molecule has 1 unspecified atom stereocenters. The number of nitrogens with one attached hydrogen (secondary N) is 2. The minimum atomic E-state index is -3.94. The molecule has 0 bridgehead atoms. The monoisotopic (exact) mass is 457 g/mol. The minimum Gasteiger partial charge on any atom is -0.352 e. The highest BCUT2D eigenvalue weighted by Gasteiger charge is 2.30. The van der Waals surface area contributed by atoms with Gasteiger partial charge in [0.15, 0.2) is 5.78 Å². The Hall–Kier alpha value is -3.04. The number of carbonyl (C=O) groups excluding carboxylic acids is 3. The van der Waals surface area contributed by atoms with Crippen molar-refractivity contribution in [2.75, 3.05) is 13.6 Å². The Bertz CT molecular complexity index is 1080. The highest BCUT2D eigenvalue weighted by Crippen LogP contribution is 2.19. The second-order valence-electron chi connectivity index (χ2n) is 7.93. The molecule has 2 aromatic rings. The van der Waals surface area contributed by atoms with Crippen molar-refractivity contribution in [2.24, 2.45) is 0 Å². The Morgan fingerprint density at radius 3 is 2.22 bits per heavy atom. The number of nitrogens with zero attached hydrogens (tertiary/aromatic N) is 1. The van der Waals surface area contributed by atoms with E-state index < -0.39 is 28.5 Å². The zero-order valence-electron chi connectivity index (χ0n) is 18.1. The van der Waals surface area contributed by atoms with E-state index in [2.05, 4.69) is 10.6 Å². The van der Waals surface area contributed by atoms with Gasteiger partial charge in [0.1, 0.15) is 6.04 Å². The molecule has 32 heavy (non-hydrogen) atoms. The summed E-state index contributed by atoms with van der Waals surface area (Å²) in [5, 5.41) is 5.57. The van der Waals surface area contributed by atoms with Crippen LogP contribution in [0.5, 0.6) is 0 Å². The summed E-state index contributed by atoms with van der Waals surface area (Å²) in [7, 11) is -2.64. The molecule has 0 saturated heterocycles. The third kappa shape index (κ3) is 6.24. The Balaban J connectivity index is 1.67. The average Bonchev–Trinajstić information content (AvgIpc) is 3.58. The topological polar surface area (TPSA) is 113 Å². The molecule has 0 spiro atoms.